The van der Waals surface area contributed by atoms with Gasteiger partial charge in [-0.2, -0.15) is 0 Å². The van der Waals surface area contributed by atoms with Crippen molar-refractivity contribution in [3.8, 4) is 0 Å². The predicted molar refractivity (Wildman–Crippen MR) is 86.6 cm³/mol. The lowest BCUT2D eigenvalue weighted by molar-refractivity contribution is 0.0357. The number of hydrogen-bond donors (Lipinski definition) is 1. The van der Waals surface area contributed by atoms with E-state index in [2.05, 4.69) is 4.74 Å². The Balaban J connectivity index is 0.000000223. The number of nitrogens with one attached hydrogen (secondary N) is 1. The molecule has 2 amide bonds. The van der Waals surface area contributed by atoms with Crippen LogP contribution in [-0.4, -0.2) is 54.2 Å². The van der Waals surface area contributed by atoms with Crippen LogP contribution in [0, 0.1) is 0 Å². The van der Waals surface area contributed by atoms with Gasteiger partial charge in [-0.3, -0.25) is 4.90 Å². The highest BCUT2D eigenvalue weighted by atomic mass is 19.3. The van der Waals surface area contributed by atoms with Crippen LogP contribution in [0.1, 0.15) is 19.4 Å². The second-order valence-electron chi connectivity index (χ2n) is 6.14. The smallest absolute Gasteiger partial charge is 0.410 e. The van der Waals surface area contributed by atoms with E-state index in [-0.39, 0.29) is 6.54 Å². The second-order valence-corrected chi connectivity index (χ2v) is 6.14. The number of carbonyl (C=O) groups is 2. The minimum Gasteiger partial charge on any atom is -0.444 e. The summed E-state index contributed by atoms with van der Waals surface area (Å²) in [6.07, 6.45) is -8.09. The second kappa shape index (κ2) is 8.92. The highest BCUT2D eigenvalue weighted by molar-refractivity contribution is 5.71. The zero-order valence-corrected chi connectivity index (χ0v) is 14.7. The molecule has 0 unspecified atom stereocenters. The van der Waals surface area contributed by atoms with Gasteiger partial charge in [-0.25, -0.2) is 27.2 Å². The van der Waals surface area contributed by atoms with Crippen LogP contribution < -0.4 is 5.32 Å². The van der Waals surface area contributed by atoms with Gasteiger partial charge in [-0.15, -0.1) is 0 Å². The maximum absolute atomic E-state index is 12.8. The summed E-state index contributed by atoms with van der Waals surface area (Å²) in [5.41, 5.74) is 0.809. The molecule has 0 bridgehead atoms. The normalized spacial score (nSPS) is 27.2. The van der Waals surface area contributed by atoms with Gasteiger partial charge in [0.05, 0.1) is 0 Å². The van der Waals surface area contributed by atoms with E-state index in [1.807, 2.05) is 11.4 Å². The topological polar surface area (TPSA) is 67.9 Å². The molecule has 1 aromatic carbocycles. The molecule has 0 aliphatic carbocycles. The number of rotatable bonds is 4. The van der Waals surface area contributed by atoms with Crippen molar-refractivity contribution in [2.24, 2.45) is 0 Å². The molecule has 6 nitrogen and oxygen atoms in total. The van der Waals surface area contributed by atoms with Crippen LogP contribution in [0.3, 0.4) is 0 Å². The molecule has 10 heteroatoms. The van der Waals surface area contributed by atoms with Gasteiger partial charge >= 0.3 is 12.2 Å². The first-order chi connectivity index (χ1) is 12.7. The average molecular weight is 392 g/mol. The largest absolute Gasteiger partial charge is 0.444 e. The summed E-state index contributed by atoms with van der Waals surface area (Å²) >= 11 is 0. The fourth-order valence-electron chi connectivity index (χ4n) is 2.76. The van der Waals surface area contributed by atoms with Crippen molar-refractivity contribution in [3.63, 3.8) is 0 Å². The van der Waals surface area contributed by atoms with E-state index in [4.69, 9.17) is 4.74 Å². The number of alkyl carbamates (subject to hydrolysis) is 1. The molecule has 150 valence electrons. The van der Waals surface area contributed by atoms with Gasteiger partial charge in [-0.05, 0) is 19.4 Å². The molecule has 2 fully saturated rings. The van der Waals surface area contributed by atoms with Gasteiger partial charge in [0, 0.05) is 6.54 Å². The molecule has 2 heterocycles. The highest BCUT2D eigenvalue weighted by Gasteiger charge is 2.44. The van der Waals surface area contributed by atoms with Crippen LogP contribution in [0.25, 0.3) is 0 Å². The van der Waals surface area contributed by atoms with Crippen molar-refractivity contribution >= 4 is 12.2 Å². The summed E-state index contributed by atoms with van der Waals surface area (Å²) in [7, 11) is 0. The van der Waals surface area contributed by atoms with Crippen molar-refractivity contribution in [3.05, 3.63) is 35.9 Å². The first-order valence-corrected chi connectivity index (χ1v) is 8.25. The molecule has 1 N–H and O–H groups in total. The lowest BCUT2D eigenvalue weighted by Crippen LogP contribution is -2.40. The Morgan fingerprint density at radius 2 is 1.63 bits per heavy atom. The number of nitrogens with zero attached hydrogens (tertiary/aromatic N) is 1. The molecule has 27 heavy (non-hydrogen) atoms. The first-order valence-electron chi connectivity index (χ1n) is 8.25. The molecule has 1 aromatic rings. The van der Waals surface area contributed by atoms with Gasteiger partial charge in [0.2, 0.25) is 0 Å². The van der Waals surface area contributed by atoms with Crippen LogP contribution in [0.15, 0.2) is 30.3 Å². The minimum atomic E-state index is -2.60. The molecule has 0 aromatic heterocycles. The number of amides is 2. The molecule has 3 rings (SSSR count). The van der Waals surface area contributed by atoms with Crippen molar-refractivity contribution in [1.82, 2.24) is 10.2 Å². The van der Waals surface area contributed by atoms with Crippen LogP contribution in [0.4, 0.5) is 27.2 Å². The number of ether oxygens (including phenoxy) is 2. The molecule has 2 saturated heterocycles. The monoisotopic (exact) mass is 392 g/mol. The van der Waals surface area contributed by atoms with Crippen LogP contribution >= 0.6 is 0 Å². The number of cyclic esters (lactones) is 2. The molecule has 0 saturated carbocycles. The van der Waals surface area contributed by atoms with E-state index >= 15 is 0 Å². The summed E-state index contributed by atoms with van der Waals surface area (Å²) in [6, 6.07) is 6.71. The number of halogens is 4. The molecule has 2 aliphatic rings. The minimum absolute atomic E-state index is 0.152. The van der Waals surface area contributed by atoms with E-state index in [1.165, 1.54) is 13.8 Å². The SMILES string of the molecule is C[C@H]1OC(=O)N(Cc2ccccc2)[C@@H]1C(F)F.C[C@H]1OC(=O)N[C@@H]1C(F)F. The van der Waals surface area contributed by atoms with E-state index in [9.17, 15) is 27.2 Å². The number of carbonyl (C=O) groups excluding carboxylic acids is 2. The van der Waals surface area contributed by atoms with Crippen LogP contribution in [-0.2, 0) is 16.0 Å². The Bertz CT molecular complexity index is 647. The van der Waals surface area contributed by atoms with E-state index in [1.54, 1.807) is 24.3 Å². The zero-order valence-electron chi connectivity index (χ0n) is 14.7. The van der Waals surface area contributed by atoms with Crippen molar-refractivity contribution in [2.75, 3.05) is 0 Å². The maximum atomic E-state index is 12.8. The van der Waals surface area contributed by atoms with Crippen molar-refractivity contribution < 1.29 is 36.6 Å². The fourth-order valence-corrected chi connectivity index (χ4v) is 2.76. The first kappa shape index (κ1) is 20.8. The predicted octanol–water partition coefficient (Wildman–Crippen LogP) is 3.41. The number of benzene rings is 1. The molecule has 2 aliphatic heterocycles. The molecule has 4 atom stereocenters. The Morgan fingerprint density at radius 1 is 1.00 bits per heavy atom. The van der Waals surface area contributed by atoms with Gasteiger partial charge in [0.25, 0.3) is 12.9 Å². The summed E-state index contributed by atoms with van der Waals surface area (Å²) in [6.45, 7) is 3.06. The average Bonchev–Trinajstić information content (AvgIpc) is 3.07. The quantitative estimate of drug-likeness (QED) is 0.798. The third-order valence-electron chi connectivity index (χ3n) is 4.17. The van der Waals surface area contributed by atoms with E-state index in [0.29, 0.717) is 0 Å². The van der Waals surface area contributed by atoms with Crippen molar-refractivity contribution in [1.29, 1.82) is 0 Å². The summed E-state index contributed by atoms with van der Waals surface area (Å²) in [4.78, 5) is 22.9. The Hall–Kier alpha value is -2.52. The van der Waals surface area contributed by atoms with Gasteiger partial charge in [-0.1, -0.05) is 30.3 Å². The number of hydrogen-bond acceptors (Lipinski definition) is 4. The summed E-state index contributed by atoms with van der Waals surface area (Å²) in [5, 5.41) is 1.99. The van der Waals surface area contributed by atoms with Gasteiger partial charge < -0.3 is 14.8 Å². The fraction of sp³-hybridized carbons (Fsp3) is 0.529. The van der Waals surface area contributed by atoms with Crippen LogP contribution in [0.2, 0.25) is 0 Å². The molecule has 0 spiro atoms. The maximum Gasteiger partial charge on any atom is 0.410 e. The van der Waals surface area contributed by atoms with Gasteiger partial charge in [0.15, 0.2) is 0 Å². The Morgan fingerprint density at radius 3 is 2.07 bits per heavy atom. The third kappa shape index (κ3) is 5.24. The standard InChI is InChI=1S/C12H13F2NO2.C5H7F2NO2/c1-8-10(11(13)14)15(12(16)17-8)7-9-5-3-2-4-6-9;1-2-3(4(6)7)8-5(9)10-2/h2-6,8,10-11H,7H2,1H3;2-4H,1H3,(H,8,9)/t8-,10+;2-,3+/m11/s1. The molecular formula is C17H20F4N2O4. The molecule has 0 radical (unpaired) electrons. The highest BCUT2D eigenvalue weighted by Crippen LogP contribution is 2.26. The molecular weight excluding hydrogens is 372 g/mol. The van der Waals surface area contributed by atoms with Crippen molar-refractivity contribution in [2.45, 2.75) is 57.5 Å². The van der Waals surface area contributed by atoms with E-state index in [0.717, 1.165) is 10.5 Å². The number of alkyl halides is 4. The zero-order chi connectivity index (χ0) is 20.1. The lowest BCUT2D eigenvalue weighted by Gasteiger charge is -2.22. The Labute approximate surface area is 153 Å². The van der Waals surface area contributed by atoms with Crippen LogP contribution in [0.5, 0.6) is 0 Å². The third-order valence-corrected chi connectivity index (χ3v) is 4.17. The summed E-state index contributed by atoms with van der Waals surface area (Å²) in [5.74, 6) is 0. The lowest BCUT2D eigenvalue weighted by atomic mass is 10.1. The Kier molecular flexibility index (Phi) is 6.86. The van der Waals surface area contributed by atoms with Gasteiger partial charge in [0.1, 0.15) is 24.3 Å². The summed E-state index contributed by atoms with van der Waals surface area (Å²) < 4.78 is 58.7. The van der Waals surface area contributed by atoms with E-state index < -0.39 is 49.3 Å².